The Hall–Kier alpha value is -2.34. The molecule has 0 spiro atoms. The van der Waals surface area contributed by atoms with Crippen LogP contribution in [0.3, 0.4) is 0 Å². The Balaban J connectivity index is 1.99. The van der Waals surface area contributed by atoms with E-state index in [2.05, 4.69) is 15.7 Å². The SMILES string of the molecule is CC(O)CC(C)(C)CNC(=O)Nc1ccccc1-n1cccn1. The number of rotatable bonds is 6. The van der Waals surface area contributed by atoms with Gasteiger partial charge in [0.05, 0.1) is 17.5 Å². The van der Waals surface area contributed by atoms with Gasteiger partial charge in [-0.1, -0.05) is 26.0 Å². The fourth-order valence-electron chi connectivity index (χ4n) is 2.55. The average molecular weight is 316 g/mol. The van der Waals surface area contributed by atoms with Crippen molar-refractivity contribution < 1.29 is 9.90 Å². The first kappa shape index (κ1) is 17.0. The van der Waals surface area contributed by atoms with Gasteiger partial charge in [0.15, 0.2) is 0 Å². The largest absolute Gasteiger partial charge is 0.393 e. The Labute approximate surface area is 136 Å². The highest BCUT2D eigenvalue weighted by molar-refractivity contribution is 5.91. The fraction of sp³-hybridized carbons (Fsp3) is 0.412. The van der Waals surface area contributed by atoms with Gasteiger partial charge in [0.2, 0.25) is 0 Å². The van der Waals surface area contributed by atoms with E-state index in [-0.39, 0.29) is 11.4 Å². The van der Waals surface area contributed by atoms with Crippen LogP contribution in [-0.4, -0.2) is 33.6 Å². The lowest BCUT2D eigenvalue weighted by Gasteiger charge is -2.26. The summed E-state index contributed by atoms with van der Waals surface area (Å²) in [6.45, 7) is 6.26. The van der Waals surface area contributed by atoms with Crippen molar-refractivity contribution in [2.75, 3.05) is 11.9 Å². The van der Waals surface area contributed by atoms with Gasteiger partial charge in [-0.25, -0.2) is 9.48 Å². The molecule has 2 aromatic rings. The molecule has 6 nitrogen and oxygen atoms in total. The molecular weight excluding hydrogens is 292 g/mol. The maximum Gasteiger partial charge on any atom is 0.319 e. The number of benzene rings is 1. The maximum absolute atomic E-state index is 12.2. The Bertz CT molecular complexity index is 636. The van der Waals surface area contributed by atoms with Gasteiger partial charge >= 0.3 is 6.03 Å². The fourth-order valence-corrected chi connectivity index (χ4v) is 2.55. The molecule has 0 saturated heterocycles. The number of carbonyl (C=O) groups is 1. The number of urea groups is 1. The Morgan fingerprint density at radius 1 is 1.35 bits per heavy atom. The molecule has 0 fully saturated rings. The monoisotopic (exact) mass is 316 g/mol. The van der Waals surface area contributed by atoms with E-state index in [1.807, 2.05) is 50.4 Å². The second-order valence-electron chi connectivity index (χ2n) is 6.49. The number of para-hydroxylation sites is 2. The summed E-state index contributed by atoms with van der Waals surface area (Å²) in [7, 11) is 0. The minimum Gasteiger partial charge on any atom is -0.393 e. The van der Waals surface area contributed by atoms with Crippen molar-refractivity contribution in [3.8, 4) is 5.69 Å². The number of carbonyl (C=O) groups excluding carboxylic acids is 1. The number of aliphatic hydroxyl groups excluding tert-OH is 1. The van der Waals surface area contributed by atoms with Crippen LogP contribution in [-0.2, 0) is 0 Å². The Morgan fingerprint density at radius 3 is 2.74 bits per heavy atom. The molecule has 0 radical (unpaired) electrons. The lowest BCUT2D eigenvalue weighted by molar-refractivity contribution is 0.129. The molecule has 124 valence electrons. The molecule has 1 aromatic heterocycles. The van der Waals surface area contributed by atoms with Gasteiger partial charge in [0, 0.05) is 18.9 Å². The molecule has 23 heavy (non-hydrogen) atoms. The number of hydrogen-bond donors (Lipinski definition) is 3. The lowest BCUT2D eigenvalue weighted by atomic mass is 9.87. The predicted octanol–water partition coefficient (Wildman–Crippen LogP) is 2.79. The standard InChI is InChI=1S/C17H24N4O2/c1-13(22)11-17(2,3)12-18-16(23)20-14-7-4-5-8-15(14)21-10-6-9-19-21/h4-10,13,22H,11-12H2,1-3H3,(H2,18,20,23). The van der Waals surface area contributed by atoms with E-state index in [1.54, 1.807) is 17.8 Å². The Kier molecular flexibility index (Phi) is 5.39. The first-order chi connectivity index (χ1) is 10.9. The molecule has 0 aliphatic rings. The van der Waals surface area contributed by atoms with Crippen LogP contribution in [0.4, 0.5) is 10.5 Å². The van der Waals surface area contributed by atoms with Gasteiger partial charge in [-0.3, -0.25) is 0 Å². The quantitative estimate of drug-likeness (QED) is 0.766. The highest BCUT2D eigenvalue weighted by Gasteiger charge is 2.21. The van der Waals surface area contributed by atoms with Crippen molar-refractivity contribution in [2.24, 2.45) is 5.41 Å². The highest BCUT2D eigenvalue weighted by atomic mass is 16.3. The zero-order chi connectivity index (χ0) is 16.9. The highest BCUT2D eigenvalue weighted by Crippen LogP contribution is 2.22. The van der Waals surface area contributed by atoms with E-state index in [9.17, 15) is 9.90 Å². The molecule has 1 heterocycles. The van der Waals surface area contributed by atoms with Crippen molar-refractivity contribution in [3.05, 3.63) is 42.7 Å². The molecule has 0 aliphatic carbocycles. The van der Waals surface area contributed by atoms with Crippen molar-refractivity contribution in [3.63, 3.8) is 0 Å². The number of aliphatic hydroxyl groups is 1. The summed E-state index contributed by atoms with van der Waals surface area (Å²) in [4.78, 5) is 12.2. The van der Waals surface area contributed by atoms with Crippen molar-refractivity contribution >= 4 is 11.7 Å². The molecule has 1 unspecified atom stereocenters. The van der Waals surface area contributed by atoms with Gasteiger partial charge < -0.3 is 15.7 Å². The number of anilines is 1. The molecule has 1 atom stereocenters. The zero-order valence-corrected chi connectivity index (χ0v) is 13.8. The second kappa shape index (κ2) is 7.28. The number of nitrogens with one attached hydrogen (secondary N) is 2. The van der Waals surface area contributed by atoms with Crippen LogP contribution < -0.4 is 10.6 Å². The molecular formula is C17H24N4O2. The third-order valence-electron chi connectivity index (χ3n) is 3.48. The summed E-state index contributed by atoms with van der Waals surface area (Å²) < 4.78 is 1.70. The van der Waals surface area contributed by atoms with E-state index >= 15 is 0 Å². The van der Waals surface area contributed by atoms with Crippen molar-refractivity contribution in [1.82, 2.24) is 15.1 Å². The predicted molar refractivity (Wildman–Crippen MR) is 90.7 cm³/mol. The zero-order valence-electron chi connectivity index (χ0n) is 13.8. The van der Waals surface area contributed by atoms with Crippen LogP contribution in [0, 0.1) is 5.41 Å². The normalized spacial score (nSPS) is 12.7. The summed E-state index contributed by atoms with van der Waals surface area (Å²) in [6.07, 6.45) is 3.74. The van der Waals surface area contributed by atoms with Gasteiger partial charge in [0.1, 0.15) is 0 Å². The van der Waals surface area contributed by atoms with E-state index in [0.717, 1.165) is 5.69 Å². The lowest BCUT2D eigenvalue weighted by Crippen LogP contribution is -2.38. The molecule has 0 aliphatic heterocycles. The van der Waals surface area contributed by atoms with Crippen molar-refractivity contribution in [1.29, 1.82) is 0 Å². The molecule has 2 rings (SSSR count). The summed E-state index contributed by atoms with van der Waals surface area (Å²) in [5.41, 5.74) is 1.31. The average Bonchev–Trinajstić information content (AvgIpc) is 2.98. The Morgan fingerprint density at radius 2 is 2.09 bits per heavy atom. The number of amides is 2. The van der Waals surface area contributed by atoms with Crippen LogP contribution in [0.25, 0.3) is 5.69 Å². The third kappa shape index (κ3) is 5.10. The molecule has 2 amide bonds. The smallest absolute Gasteiger partial charge is 0.319 e. The van der Waals surface area contributed by atoms with Crippen LogP contribution in [0.2, 0.25) is 0 Å². The van der Waals surface area contributed by atoms with Gasteiger partial charge in [-0.2, -0.15) is 5.10 Å². The first-order valence-electron chi connectivity index (χ1n) is 7.69. The van der Waals surface area contributed by atoms with Crippen molar-refractivity contribution in [2.45, 2.75) is 33.3 Å². The second-order valence-corrected chi connectivity index (χ2v) is 6.49. The van der Waals surface area contributed by atoms with Gasteiger partial charge in [0.25, 0.3) is 0 Å². The van der Waals surface area contributed by atoms with E-state index in [0.29, 0.717) is 18.7 Å². The minimum atomic E-state index is -0.393. The van der Waals surface area contributed by atoms with E-state index in [1.165, 1.54) is 0 Å². The summed E-state index contributed by atoms with van der Waals surface area (Å²) in [5.74, 6) is 0. The van der Waals surface area contributed by atoms with E-state index < -0.39 is 6.10 Å². The van der Waals surface area contributed by atoms with Crippen LogP contribution >= 0.6 is 0 Å². The van der Waals surface area contributed by atoms with Crippen LogP contribution in [0.1, 0.15) is 27.2 Å². The molecule has 1 aromatic carbocycles. The molecule has 6 heteroatoms. The number of nitrogens with zero attached hydrogens (tertiary/aromatic N) is 2. The maximum atomic E-state index is 12.2. The van der Waals surface area contributed by atoms with E-state index in [4.69, 9.17) is 0 Å². The van der Waals surface area contributed by atoms with Crippen LogP contribution in [0.15, 0.2) is 42.7 Å². The number of aromatic nitrogens is 2. The molecule has 0 saturated carbocycles. The first-order valence-corrected chi connectivity index (χ1v) is 7.69. The molecule has 3 N–H and O–H groups in total. The summed E-state index contributed by atoms with van der Waals surface area (Å²) in [6, 6.07) is 9.03. The molecule has 0 bridgehead atoms. The third-order valence-corrected chi connectivity index (χ3v) is 3.48. The van der Waals surface area contributed by atoms with Gasteiger partial charge in [-0.15, -0.1) is 0 Å². The number of hydrogen-bond acceptors (Lipinski definition) is 3. The summed E-state index contributed by atoms with van der Waals surface area (Å²) >= 11 is 0. The summed E-state index contributed by atoms with van der Waals surface area (Å²) in [5, 5.41) is 19.4. The van der Waals surface area contributed by atoms with Crippen LogP contribution in [0.5, 0.6) is 0 Å². The van der Waals surface area contributed by atoms with Gasteiger partial charge in [-0.05, 0) is 37.0 Å². The topological polar surface area (TPSA) is 79.2 Å². The minimum absolute atomic E-state index is 0.174.